The lowest BCUT2D eigenvalue weighted by atomic mass is 10.2. The van der Waals surface area contributed by atoms with Crippen molar-refractivity contribution in [2.24, 2.45) is 5.92 Å². The SMILES string of the molecule is CC(C)COc1ncc(Oc2cc(F)c(C(=O)NS(=O)(=O)c3c[nH]cn3)cc2Cl)cc1Cl. The van der Waals surface area contributed by atoms with Crippen LogP contribution in [0.3, 0.4) is 0 Å². The van der Waals surface area contributed by atoms with Crippen molar-refractivity contribution in [2.45, 2.75) is 18.9 Å². The highest BCUT2D eigenvalue weighted by Crippen LogP contribution is 2.34. The maximum absolute atomic E-state index is 14.5. The molecule has 1 amide bonds. The lowest BCUT2D eigenvalue weighted by molar-refractivity contribution is 0.0977. The van der Waals surface area contributed by atoms with E-state index in [1.54, 1.807) is 4.72 Å². The van der Waals surface area contributed by atoms with E-state index in [1.807, 2.05) is 13.8 Å². The van der Waals surface area contributed by atoms with Gasteiger partial charge in [0.2, 0.25) is 5.88 Å². The number of aromatic amines is 1. The van der Waals surface area contributed by atoms with E-state index in [9.17, 15) is 17.6 Å². The third-order valence-corrected chi connectivity index (χ3v) is 5.60. The van der Waals surface area contributed by atoms with Gasteiger partial charge in [0.25, 0.3) is 15.9 Å². The number of benzene rings is 1. The number of nitrogens with zero attached hydrogens (tertiary/aromatic N) is 2. The third kappa shape index (κ3) is 5.67. The van der Waals surface area contributed by atoms with Crippen LogP contribution in [0.25, 0.3) is 0 Å². The summed E-state index contributed by atoms with van der Waals surface area (Å²) in [5.74, 6) is -1.79. The fourth-order valence-corrected chi connectivity index (χ4v) is 3.63. The summed E-state index contributed by atoms with van der Waals surface area (Å²) in [5, 5.41) is -0.396. The van der Waals surface area contributed by atoms with E-state index in [2.05, 4.69) is 15.0 Å². The Labute approximate surface area is 192 Å². The minimum absolute atomic E-state index is 0.135. The molecule has 0 saturated carbocycles. The molecule has 0 saturated heterocycles. The minimum atomic E-state index is -4.29. The van der Waals surface area contributed by atoms with Gasteiger partial charge in [-0.2, -0.15) is 8.42 Å². The molecule has 0 spiro atoms. The van der Waals surface area contributed by atoms with Crippen molar-refractivity contribution in [3.8, 4) is 17.4 Å². The number of carbonyl (C=O) groups excluding carboxylic acids is 1. The van der Waals surface area contributed by atoms with Crippen LogP contribution in [0.2, 0.25) is 10.0 Å². The van der Waals surface area contributed by atoms with Crippen LogP contribution in [-0.2, 0) is 10.0 Å². The number of rotatable bonds is 8. The molecule has 0 atom stereocenters. The van der Waals surface area contributed by atoms with Crippen LogP contribution in [0.15, 0.2) is 41.9 Å². The Hall–Kier alpha value is -2.89. The number of hydrogen-bond acceptors (Lipinski definition) is 7. The van der Waals surface area contributed by atoms with Gasteiger partial charge in [0.05, 0.1) is 29.7 Å². The molecule has 0 aliphatic rings. The molecule has 2 N–H and O–H groups in total. The van der Waals surface area contributed by atoms with Crippen molar-refractivity contribution in [2.75, 3.05) is 6.61 Å². The van der Waals surface area contributed by atoms with Crippen LogP contribution in [-0.4, -0.2) is 35.9 Å². The standard InChI is InChI=1S/C19H17Cl2FN4O5S/c1-10(2)8-30-19-14(21)3-11(6-24-19)31-16-5-15(22)12(4-13(16)20)18(27)26-32(28,29)17-7-23-9-25-17/h3-7,9-10H,8H2,1-2H3,(H,23,25)(H,26,27). The lowest BCUT2D eigenvalue weighted by Gasteiger charge is -2.12. The number of nitrogens with one attached hydrogen (secondary N) is 2. The molecule has 0 aliphatic carbocycles. The van der Waals surface area contributed by atoms with Gasteiger partial charge in [-0.05, 0) is 12.0 Å². The highest BCUT2D eigenvalue weighted by molar-refractivity contribution is 7.90. The molecule has 0 aliphatic heterocycles. The second kappa shape index (κ2) is 9.72. The Kier molecular flexibility index (Phi) is 7.22. The van der Waals surface area contributed by atoms with Crippen molar-refractivity contribution in [3.63, 3.8) is 0 Å². The number of imidazole rings is 1. The maximum Gasteiger partial charge on any atom is 0.283 e. The number of ether oxygens (including phenoxy) is 2. The molecule has 170 valence electrons. The Morgan fingerprint density at radius 1 is 1.22 bits per heavy atom. The van der Waals surface area contributed by atoms with E-state index in [0.29, 0.717) is 6.61 Å². The molecule has 13 heteroatoms. The molecule has 2 heterocycles. The van der Waals surface area contributed by atoms with E-state index < -0.39 is 32.3 Å². The van der Waals surface area contributed by atoms with Crippen LogP contribution in [0.4, 0.5) is 4.39 Å². The smallest absolute Gasteiger partial charge is 0.283 e. The second-order valence-corrected chi connectivity index (χ2v) is 9.31. The van der Waals surface area contributed by atoms with Gasteiger partial charge >= 0.3 is 0 Å². The fourth-order valence-electron chi connectivity index (χ4n) is 2.35. The predicted octanol–water partition coefficient (Wildman–Crippen LogP) is 4.20. The van der Waals surface area contributed by atoms with Gasteiger partial charge in [0.15, 0.2) is 5.03 Å². The normalized spacial score (nSPS) is 11.4. The quantitative estimate of drug-likeness (QED) is 0.472. The largest absolute Gasteiger partial charge is 0.476 e. The summed E-state index contributed by atoms with van der Waals surface area (Å²) in [4.78, 5) is 22.3. The highest BCUT2D eigenvalue weighted by Gasteiger charge is 2.24. The summed E-state index contributed by atoms with van der Waals surface area (Å²) in [7, 11) is -4.29. The third-order valence-electron chi connectivity index (χ3n) is 3.81. The van der Waals surface area contributed by atoms with Crippen LogP contribution in [0.5, 0.6) is 17.4 Å². The average molecular weight is 503 g/mol. The molecule has 0 bridgehead atoms. The Bertz CT molecular complexity index is 1240. The summed E-state index contributed by atoms with van der Waals surface area (Å²) in [6.45, 7) is 4.36. The van der Waals surface area contributed by atoms with Crippen LogP contribution >= 0.6 is 23.2 Å². The topological polar surface area (TPSA) is 123 Å². The van der Waals surface area contributed by atoms with Crippen molar-refractivity contribution in [1.29, 1.82) is 0 Å². The van der Waals surface area contributed by atoms with Gasteiger partial charge in [-0.3, -0.25) is 4.79 Å². The zero-order chi connectivity index (χ0) is 23.5. The van der Waals surface area contributed by atoms with E-state index in [-0.39, 0.29) is 33.3 Å². The monoisotopic (exact) mass is 502 g/mol. The number of pyridine rings is 1. The fraction of sp³-hybridized carbons (Fsp3) is 0.211. The van der Waals surface area contributed by atoms with Crippen molar-refractivity contribution in [1.82, 2.24) is 19.7 Å². The van der Waals surface area contributed by atoms with Gasteiger partial charge in [0.1, 0.15) is 22.3 Å². The summed E-state index contributed by atoms with van der Waals surface area (Å²) in [6, 6.07) is 3.20. The molecule has 0 unspecified atom stereocenters. The van der Waals surface area contributed by atoms with E-state index in [4.69, 9.17) is 32.7 Å². The van der Waals surface area contributed by atoms with E-state index >= 15 is 0 Å². The first-order valence-electron chi connectivity index (χ1n) is 9.08. The van der Waals surface area contributed by atoms with Crippen LogP contribution in [0, 0.1) is 11.7 Å². The van der Waals surface area contributed by atoms with Gasteiger partial charge in [-0.1, -0.05) is 37.0 Å². The van der Waals surface area contributed by atoms with Gasteiger partial charge in [-0.25, -0.2) is 19.1 Å². The maximum atomic E-state index is 14.5. The Morgan fingerprint density at radius 3 is 2.59 bits per heavy atom. The molecule has 0 radical (unpaired) electrons. The minimum Gasteiger partial charge on any atom is -0.476 e. The molecule has 3 rings (SSSR count). The van der Waals surface area contributed by atoms with Crippen LogP contribution < -0.4 is 14.2 Å². The summed E-state index contributed by atoms with van der Waals surface area (Å²) < 4.78 is 51.4. The molecule has 9 nitrogen and oxygen atoms in total. The molecule has 2 aromatic heterocycles. The highest BCUT2D eigenvalue weighted by atomic mass is 35.5. The second-order valence-electron chi connectivity index (χ2n) is 6.87. The van der Waals surface area contributed by atoms with Crippen molar-refractivity contribution in [3.05, 3.63) is 58.3 Å². The van der Waals surface area contributed by atoms with Crippen molar-refractivity contribution >= 4 is 39.1 Å². The number of hydrogen-bond donors (Lipinski definition) is 2. The first-order valence-corrected chi connectivity index (χ1v) is 11.3. The molecule has 32 heavy (non-hydrogen) atoms. The van der Waals surface area contributed by atoms with Gasteiger partial charge < -0.3 is 14.5 Å². The zero-order valence-corrected chi connectivity index (χ0v) is 19.1. The van der Waals surface area contributed by atoms with Gasteiger partial charge in [0, 0.05) is 18.3 Å². The van der Waals surface area contributed by atoms with Crippen molar-refractivity contribution < 1.29 is 27.1 Å². The van der Waals surface area contributed by atoms with E-state index in [1.165, 1.54) is 12.3 Å². The molecule has 0 fully saturated rings. The van der Waals surface area contributed by atoms with E-state index in [0.717, 1.165) is 24.7 Å². The first kappa shape index (κ1) is 23.8. The number of halogens is 3. The number of aromatic nitrogens is 3. The number of amides is 1. The lowest BCUT2D eigenvalue weighted by Crippen LogP contribution is -2.31. The molecular weight excluding hydrogens is 486 g/mol. The number of carbonyl (C=O) groups is 1. The number of H-pyrrole nitrogens is 1. The van der Waals surface area contributed by atoms with Crippen LogP contribution in [0.1, 0.15) is 24.2 Å². The summed E-state index contributed by atoms with van der Waals surface area (Å²) >= 11 is 12.2. The molecule has 1 aromatic carbocycles. The molecular formula is C19H17Cl2FN4O5S. The molecule has 3 aromatic rings. The Morgan fingerprint density at radius 2 is 1.97 bits per heavy atom. The average Bonchev–Trinajstić information content (AvgIpc) is 3.25. The Balaban J connectivity index is 1.77. The van der Waals surface area contributed by atoms with Gasteiger partial charge in [-0.15, -0.1) is 0 Å². The summed E-state index contributed by atoms with van der Waals surface area (Å²) in [6.07, 6.45) is 3.49. The zero-order valence-electron chi connectivity index (χ0n) is 16.7. The predicted molar refractivity (Wildman–Crippen MR) is 114 cm³/mol. The number of sulfonamides is 1. The first-order chi connectivity index (χ1) is 15.1. The summed E-state index contributed by atoms with van der Waals surface area (Å²) in [5.41, 5.74) is -0.602.